The molecule has 3 rings (SSSR count). The summed E-state index contributed by atoms with van der Waals surface area (Å²) < 4.78 is 30.1. The first kappa shape index (κ1) is 15.8. The van der Waals surface area contributed by atoms with E-state index in [1.54, 1.807) is 36.4 Å². The summed E-state index contributed by atoms with van der Waals surface area (Å²) in [5.74, 6) is 0.0223. The largest absolute Gasteiger partial charge is 0.459 e. The number of carbonyl (C=O) groups is 1. The molecule has 0 aliphatic heterocycles. The second-order valence-electron chi connectivity index (χ2n) is 5.85. The van der Waals surface area contributed by atoms with Gasteiger partial charge in [-0.05, 0) is 37.0 Å². The van der Waals surface area contributed by atoms with E-state index in [1.165, 1.54) is 12.7 Å². The number of furan rings is 1. The Balaban J connectivity index is 1.71. The first-order valence-electron chi connectivity index (χ1n) is 7.68. The van der Waals surface area contributed by atoms with E-state index in [9.17, 15) is 13.2 Å². The molecule has 1 fully saturated rings. The average molecular weight is 333 g/mol. The Morgan fingerprint density at radius 1 is 1.17 bits per heavy atom. The summed E-state index contributed by atoms with van der Waals surface area (Å²) >= 11 is 0. The molecule has 0 radical (unpaired) electrons. The van der Waals surface area contributed by atoms with Gasteiger partial charge in [-0.1, -0.05) is 24.6 Å². The first-order chi connectivity index (χ1) is 11.1. The number of hydrogen-bond donors (Lipinski definition) is 1. The molecule has 23 heavy (non-hydrogen) atoms. The number of carbonyl (C=O) groups excluding carboxylic acids is 1. The third kappa shape index (κ3) is 3.64. The summed E-state index contributed by atoms with van der Waals surface area (Å²) in [6.45, 7) is 0.615. The van der Waals surface area contributed by atoms with E-state index in [2.05, 4.69) is 5.32 Å². The Morgan fingerprint density at radius 3 is 2.57 bits per heavy atom. The van der Waals surface area contributed by atoms with Crippen molar-refractivity contribution in [3.05, 3.63) is 54.0 Å². The maximum Gasteiger partial charge on any atom is 0.287 e. The lowest BCUT2D eigenvalue weighted by Crippen LogP contribution is -2.32. The monoisotopic (exact) mass is 333 g/mol. The summed E-state index contributed by atoms with van der Waals surface area (Å²) in [5, 5.41) is 2.83. The molecule has 0 unspecified atom stereocenters. The van der Waals surface area contributed by atoms with Gasteiger partial charge < -0.3 is 9.73 Å². The summed E-state index contributed by atoms with van der Waals surface area (Å²) in [7, 11) is -3.50. The summed E-state index contributed by atoms with van der Waals surface area (Å²) in [4.78, 5) is 12.4. The van der Waals surface area contributed by atoms with Gasteiger partial charge in [0.25, 0.3) is 5.91 Å². The number of nitrogens with one attached hydrogen (secondary N) is 1. The molecule has 0 saturated heterocycles. The second kappa shape index (κ2) is 6.58. The molecule has 5 nitrogen and oxygen atoms in total. The molecule has 1 heterocycles. The lowest BCUT2D eigenvalue weighted by molar-refractivity contribution is 0.0910. The van der Waals surface area contributed by atoms with Crippen LogP contribution in [0, 0.1) is 5.92 Å². The van der Waals surface area contributed by atoms with Gasteiger partial charge in [0.2, 0.25) is 0 Å². The van der Waals surface area contributed by atoms with Gasteiger partial charge in [0.1, 0.15) is 0 Å². The highest BCUT2D eigenvalue weighted by atomic mass is 32.2. The van der Waals surface area contributed by atoms with Crippen molar-refractivity contribution in [1.82, 2.24) is 5.32 Å². The second-order valence-corrected chi connectivity index (χ2v) is 7.84. The third-order valence-corrected chi connectivity index (χ3v) is 5.86. The SMILES string of the molecule is O=C(NCC1CCC1)c1occc1CS(=O)(=O)c1ccccc1. The van der Waals surface area contributed by atoms with E-state index in [0.29, 0.717) is 18.0 Å². The van der Waals surface area contributed by atoms with Gasteiger partial charge in [0.05, 0.1) is 16.9 Å². The molecule has 1 amide bonds. The van der Waals surface area contributed by atoms with Crippen molar-refractivity contribution in [2.75, 3.05) is 6.54 Å². The van der Waals surface area contributed by atoms with Crippen LogP contribution in [0.4, 0.5) is 0 Å². The van der Waals surface area contributed by atoms with Crippen molar-refractivity contribution in [3.63, 3.8) is 0 Å². The molecule has 122 valence electrons. The molecule has 1 aromatic heterocycles. The van der Waals surface area contributed by atoms with E-state index in [-0.39, 0.29) is 22.3 Å². The van der Waals surface area contributed by atoms with Gasteiger partial charge in [0.15, 0.2) is 15.6 Å². The third-order valence-electron chi connectivity index (χ3n) is 4.18. The molecule has 6 heteroatoms. The lowest BCUT2D eigenvalue weighted by atomic mass is 9.85. The van der Waals surface area contributed by atoms with E-state index in [4.69, 9.17) is 4.42 Å². The Hall–Kier alpha value is -2.08. The van der Waals surface area contributed by atoms with Gasteiger partial charge in [-0.2, -0.15) is 0 Å². The van der Waals surface area contributed by atoms with Crippen molar-refractivity contribution in [2.24, 2.45) is 5.92 Å². The minimum Gasteiger partial charge on any atom is -0.459 e. The van der Waals surface area contributed by atoms with Gasteiger partial charge in [0, 0.05) is 12.1 Å². The fourth-order valence-corrected chi connectivity index (χ4v) is 3.95. The van der Waals surface area contributed by atoms with E-state index in [1.807, 2.05) is 0 Å². The Bertz CT molecular complexity index is 776. The molecule has 1 N–H and O–H groups in total. The average Bonchev–Trinajstić information content (AvgIpc) is 2.94. The molecule has 1 aromatic carbocycles. The number of sulfone groups is 1. The lowest BCUT2D eigenvalue weighted by Gasteiger charge is -2.25. The van der Waals surface area contributed by atoms with Crippen LogP contribution in [-0.2, 0) is 15.6 Å². The molecule has 0 bridgehead atoms. The predicted molar refractivity (Wildman–Crippen MR) is 85.7 cm³/mol. The number of amides is 1. The Morgan fingerprint density at radius 2 is 1.91 bits per heavy atom. The van der Waals surface area contributed by atoms with E-state index < -0.39 is 9.84 Å². The quantitative estimate of drug-likeness (QED) is 0.882. The van der Waals surface area contributed by atoms with Crippen LogP contribution in [0.25, 0.3) is 0 Å². The van der Waals surface area contributed by atoms with Gasteiger partial charge in [-0.25, -0.2) is 8.42 Å². The number of hydrogen-bond acceptors (Lipinski definition) is 4. The van der Waals surface area contributed by atoms with Crippen LogP contribution < -0.4 is 5.32 Å². The van der Waals surface area contributed by atoms with Crippen LogP contribution >= 0.6 is 0 Å². The molecular formula is C17H19NO4S. The van der Waals surface area contributed by atoms with Crippen LogP contribution in [-0.4, -0.2) is 20.9 Å². The molecule has 2 aromatic rings. The van der Waals surface area contributed by atoms with Crippen LogP contribution in [0.1, 0.15) is 35.4 Å². The maximum absolute atomic E-state index is 12.4. The van der Waals surface area contributed by atoms with Crippen molar-refractivity contribution in [3.8, 4) is 0 Å². The topological polar surface area (TPSA) is 76.4 Å². The van der Waals surface area contributed by atoms with Gasteiger partial charge in [-0.15, -0.1) is 0 Å². The molecular weight excluding hydrogens is 314 g/mol. The van der Waals surface area contributed by atoms with Crippen molar-refractivity contribution in [2.45, 2.75) is 29.9 Å². The fourth-order valence-electron chi connectivity index (χ4n) is 2.58. The van der Waals surface area contributed by atoms with Crippen LogP contribution in [0.2, 0.25) is 0 Å². The van der Waals surface area contributed by atoms with Crippen LogP contribution in [0.3, 0.4) is 0 Å². The highest BCUT2D eigenvalue weighted by Crippen LogP contribution is 2.25. The molecule has 1 aliphatic rings. The molecule has 1 saturated carbocycles. The number of benzene rings is 1. The zero-order valence-corrected chi connectivity index (χ0v) is 13.5. The summed E-state index contributed by atoms with van der Waals surface area (Å²) in [6, 6.07) is 9.75. The minimum absolute atomic E-state index is 0.0869. The van der Waals surface area contributed by atoms with E-state index in [0.717, 1.165) is 12.8 Å². The zero-order chi connectivity index (χ0) is 16.3. The van der Waals surface area contributed by atoms with Crippen molar-refractivity contribution >= 4 is 15.7 Å². The highest BCUT2D eigenvalue weighted by Gasteiger charge is 2.24. The van der Waals surface area contributed by atoms with Gasteiger partial charge in [-0.3, -0.25) is 4.79 Å². The maximum atomic E-state index is 12.4. The van der Waals surface area contributed by atoms with Crippen LogP contribution in [0.15, 0.2) is 52.0 Å². The van der Waals surface area contributed by atoms with Crippen molar-refractivity contribution in [1.29, 1.82) is 0 Å². The fraction of sp³-hybridized carbons (Fsp3) is 0.353. The Labute approximate surface area is 135 Å². The first-order valence-corrected chi connectivity index (χ1v) is 9.34. The molecule has 1 aliphatic carbocycles. The van der Waals surface area contributed by atoms with E-state index >= 15 is 0 Å². The summed E-state index contributed by atoms with van der Waals surface area (Å²) in [5.41, 5.74) is 0.389. The molecule has 0 spiro atoms. The minimum atomic E-state index is -3.50. The smallest absolute Gasteiger partial charge is 0.287 e. The van der Waals surface area contributed by atoms with Crippen LogP contribution in [0.5, 0.6) is 0 Å². The van der Waals surface area contributed by atoms with Crippen molar-refractivity contribution < 1.29 is 17.6 Å². The van der Waals surface area contributed by atoms with Gasteiger partial charge >= 0.3 is 0 Å². The zero-order valence-electron chi connectivity index (χ0n) is 12.7. The standard InChI is InChI=1S/C17H19NO4S/c19-17(18-11-13-5-4-6-13)16-14(9-10-22-16)12-23(20,21)15-7-2-1-3-8-15/h1-3,7-10,13H,4-6,11-12H2,(H,18,19). The molecule has 0 atom stereocenters. The number of rotatable bonds is 6. The predicted octanol–water partition coefficient (Wildman–Crippen LogP) is 2.78. The highest BCUT2D eigenvalue weighted by molar-refractivity contribution is 7.90. The Kier molecular flexibility index (Phi) is 4.52. The summed E-state index contributed by atoms with van der Waals surface area (Å²) in [6.07, 6.45) is 4.83. The normalized spacial score (nSPS) is 15.1.